The van der Waals surface area contributed by atoms with Crippen LogP contribution in [0.1, 0.15) is 60.6 Å². The van der Waals surface area contributed by atoms with E-state index in [2.05, 4.69) is 16.5 Å². The number of hydrogen-bond donors (Lipinski definition) is 3. The van der Waals surface area contributed by atoms with Crippen LogP contribution < -0.4 is 15.7 Å². The van der Waals surface area contributed by atoms with Crippen molar-refractivity contribution >= 4 is 30.1 Å². The maximum atomic E-state index is 12.0. The van der Waals surface area contributed by atoms with Gasteiger partial charge in [-0.3, -0.25) is 9.48 Å². The fourth-order valence-corrected chi connectivity index (χ4v) is 4.26. The van der Waals surface area contributed by atoms with Gasteiger partial charge < -0.3 is 20.7 Å². The van der Waals surface area contributed by atoms with E-state index in [0.29, 0.717) is 11.6 Å². The Bertz CT molecular complexity index is 1100. The van der Waals surface area contributed by atoms with Gasteiger partial charge in [-0.2, -0.15) is 10.4 Å². The first-order valence-corrected chi connectivity index (χ1v) is 10.0. The predicted molar refractivity (Wildman–Crippen MR) is 114 cm³/mol. The predicted octanol–water partition coefficient (Wildman–Crippen LogP) is 3.10. The molecule has 0 saturated heterocycles. The third-order valence-electron chi connectivity index (χ3n) is 6.12. The Hall–Kier alpha value is -3.25. The summed E-state index contributed by atoms with van der Waals surface area (Å²) in [6, 6.07) is 6.06. The standard InChI is InChI=1S/C21H24BN5O3/c1-11-7-15(8-16-12(2)13(3)22(29)30-19(11)16)25-21-17(20(24)28)10-27(26-21)18-6-4-5-14(18)9-23/h7-8,10,14,18,29H,4-6H2,1-3H3,(H2,24,28)(H,25,26)/t14?,18-/m0/s1. The monoisotopic (exact) mass is 405 g/mol. The molecule has 9 heteroatoms. The molecule has 0 bridgehead atoms. The molecule has 0 spiro atoms. The maximum Gasteiger partial charge on any atom is 0.555 e. The van der Waals surface area contributed by atoms with Gasteiger partial charge in [0, 0.05) is 17.4 Å². The number of aryl methyl sites for hydroxylation is 1. The highest BCUT2D eigenvalue weighted by Crippen LogP contribution is 2.40. The van der Waals surface area contributed by atoms with Gasteiger partial charge in [-0.25, -0.2) is 0 Å². The van der Waals surface area contributed by atoms with Gasteiger partial charge in [-0.15, -0.1) is 0 Å². The first kappa shape index (κ1) is 20.0. The Morgan fingerprint density at radius 1 is 1.40 bits per heavy atom. The van der Waals surface area contributed by atoms with E-state index in [1.165, 1.54) is 0 Å². The first-order valence-electron chi connectivity index (χ1n) is 10.0. The second-order valence-electron chi connectivity index (χ2n) is 8.04. The fraction of sp³-hybridized carbons (Fsp3) is 0.381. The Kier molecular flexibility index (Phi) is 5.04. The smallest absolute Gasteiger partial charge is 0.532 e. The summed E-state index contributed by atoms with van der Waals surface area (Å²) in [4.78, 5) is 12.0. The minimum atomic E-state index is -0.952. The number of benzene rings is 1. The highest BCUT2D eigenvalue weighted by atomic mass is 16.5. The van der Waals surface area contributed by atoms with Crippen molar-refractivity contribution < 1.29 is 14.5 Å². The molecule has 1 aliphatic heterocycles. The maximum absolute atomic E-state index is 12.0. The molecular formula is C21H24BN5O3. The van der Waals surface area contributed by atoms with Gasteiger partial charge in [-0.05, 0) is 68.8 Å². The van der Waals surface area contributed by atoms with E-state index in [4.69, 9.17) is 10.4 Å². The normalized spacial score (nSPS) is 20.6. The van der Waals surface area contributed by atoms with Crippen LogP contribution >= 0.6 is 0 Å². The summed E-state index contributed by atoms with van der Waals surface area (Å²) in [5.74, 6) is 0.298. The summed E-state index contributed by atoms with van der Waals surface area (Å²) in [6.07, 6.45) is 4.26. The summed E-state index contributed by atoms with van der Waals surface area (Å²) in [7, 11) is -0.952. The van der Waals surface area contributed by atoms with Gasteiger partial charge >= 0.3 is 7.12 Å². The molecule has 30 heavy (non-hydrogen) atoms. The highest BCUT2D eigenvalue weighted by Gasteiger charge is 2.32. The number of allylic oxidation sites excluding steroid dienone is 2. The van der Waals surface area contributed by atoms with Gasteiger partial charge in [0.2, 0.25) is 0 Å². The van der Waals surface area contributed by atoms with E-state index in [1.807, 2.05) is 32.9 Å². The summed E-state index contributed by atoms with van der Waals surface area (Å²) in [5, 5.41) is 27.3. The van der Waals surface area contributed by atoms with E-state index in [9.17, 15) is 15.1 Å². The number of primary amides is 1. The van der Waals surface area contributed by atoms with Crippen LogP contribution in [-0.2, 0) is 0 Å². The molecule has 1 saturated carbocycles. The molecule has 1 unspecified atom stereocenters. The number of aromatic nitrogens is 2. The Balaban J connectivity index is 1.71. The van der Waals surface area contributed by atoms with Gasteiger partial charge in [0.05, 0.1) is 18.0 Å². The Morgan fingerprint density at radius 3 is 2.87 bits per heavy atom. The number of nitriles is 1. The number of nitrogens with two attached hydrogens (primary N) is 1. The highest BCUT2D eigenvalue weighted by molar-refractivity contribution is 6.55. The molecule has 2 aliphatic rings. The average molecular weight is 405 g/mol. The lowest BCUT2D eigenvalue weighted by Crippen LogP contribution is -2.28. The zero-order valence-corrected chi connectivity index (χ0v) is 17.3. The molecule has 1 aliphatic carbocycles. The first-order chi connectivity index (χ1) is 14.3. The second kappa shape index (κ2) is 7.54. The fourth-order valence-electron chi connectivity index (χ4n) is 4.26. The summed E-state index contributed by atoms with van der Waals surface area (Å²) in [5.41, 5.74) is 10.0. The molecule has 2 atom stereocenters. The minimum absolute atomic E-state index is 0.0587. The van der Waals surface area contributed by atoms with Crippen molar-refractivity contribution in [3.63, 3.8) is 0 Å². The van der Waals surface area contributed by atoms with E-state index >= 15 is 0 Å². The van der Waals surface area contributed by atoms with Crippen LogP contribution in [0.25, 0.3) is 5.57 Å². The lowest BCUT2D eigenvalue weighted by Gasteiger charge is -2.25. The SMILES string of the molecule is CC1=C(C)c2cc(Nc3nn([C@H]4CCCC4C#N)cc3C(N)=O)cc(C)c2OB1O. The molecule has 8 nitrogen and oxygen atoms in total. The van der Waals surface area contributed by atoms with Crippen LogP contribution in [0.15, 0.2) is 23.8 Å². The lowest BCUT2D eigenvalue weighted by molar-refractivity contribution is 0.100. The van der Waals surface area contributed by atoms with Crippen molar-refractivity contribution in [2.75, 3.05) is 5.32 Å². The van der Waals surface area contributed by atoms with E-state index in [-0.39, 0.29) is 17.5 Å². The van der Waals surface area contributed by atoms with Crippen LogP contribution in [0.3, 0.4) is 0 Å². The second-order valence-corrected chi connectivity index (χ2v) is 8.04. The summed E-state index contributed by atoms with van der Waals surface area (Å²) in [6.45, 7) is 5.67. The average Bonchev–Trinajstić information content (AvgIpc) is 3.34. The molecule has 1 aromatic heterocycles. The van der Waals surface area contributed by atoms with E-state index in [1.54, 1.807) is 10.9 Å². The molecular weight excluding hydrogens is 381 g/mol. The number of nitrogens with one attached hydrogen (secondary N) is 1. The number of anilines is 2. The zero-order chi connectivity index (χ0) is 21.6. The number of nitrogens with zero attached hydrogens (tertiary/aromatic N) is 3. The molecule has 4 N–H and O–H groups in total. The number of amides is 1. The van der Waals surface area contributed by atoms with Crippen molar-refractivity contribution in [3.05, 3.63) is 40.5 Å². The van der Waals surface area contributed by atoms with Crippen LogP contribution in [0.4, 0.5) is 11.5 Å². The van der Waals surface area contributed by atoms with Gasteiger partial charge in [0.1, 0.15) is 11.3 Å². The topological polar surface area (TPSA) is 126 Å². The molecule has 154 valence electrons. The number of hydrogen-bond acceptors (Lipinski definition) is 6. The molecule has 4 rings (SSSR count). The van der Waals surface area contributed by atoms with Gasteiger partial charge in [-0.1, -0.05) is 0 Å². The van der Waals surface area contributed by atoms with Crippen LogP contribution in [0.2, 0.25) is 0 Å². The van der Waals surface area contributed by atoms with Crippen LogP contribution in [0.5, 0.6) is 5.75 Å². The molecule has 1 fully saturated rings. The Morgan fingerprint density at radius 2 is 2.17 bits per heavy atom. The van der Waals surface area contributed by atoms with Gasteiger partial charge in [0.25, 0.3) is 5.91 Å². The van der Waals surface area contributed by atoms with Crippen molar-refractivity contribution in [2.24, 2.45) is 11.7 Å². The minimum Gasteiger partial charge on any atom is -0.532 e. The molecule has 2 heterocycles. The van der Waals surface area contributed by atoms with Crippen LogP contribution in [0, 0.1) is 24.2 Å². The Labute approximate surface area is 175 Å². The van der Waals surface area contributed by atoms with Gasteiger partial charge in [0.15, 0.2) is 5.82 Å². The van der Waals surface area contributed by atoms with Crippen molar-refractivity contribution in [1.82, 2.24) is 9.78 Å². The summed E-state index contributed by atoms with van der Waals surface area (Å²) >= 11 is 0. The number of carbonyl (C=O) groups is 1. The van der Waals surface area contributed by atoms with Crippen molar-refractivity contribution in [1.29, 1.82) is 5.26 Å². The van der Waals surface area contributed by atoms with E-state index < -0.39 is 13.0 Å². The zero-order valence-electron chi connectivity index (χ0n) is 17.3. The largest absolute Gasteiger partial charge is 0.555 e. The van der Waals surface area contributed by atoms with Crippen molar-refractivity contribution in [3.8, 4) is 11.8 Å². The van der Waals surface area contributed by atoms with Crippen molar-refractivity contribution in [2.45, 2.75) is 46.1 Å². The molecule has 1 aromatic carbocycles. The molecule has 2 aromatic rings. The van der Waals surface area contributed by atoms with Crippen LogP contribution in [-0.4, -0.2) is 27.8 Å². The molecule has 1 amide bonds. The van der Waals surface area contributed by atoms with E-state index in [0.717, 1.165) is 47.1 Å². The number of rotatable bonds is 4. The number of carbonyl (C=O) groups excluding carboxylic acids is 1. The lowest BCUT2D eigenvalue weighted by atomic mass is 9.73. The number of fused-ring (bicyclic) bond motifs is 1. The third kappa shape index (κ3) is 3.33. The quantitative estimate of drug-likeness (QED) is 0.671. The molecule has 0 radical (unpaired) electrons. The summed E-state index contributed by atoms with van der Waals surface area (Å²) < 4.78 is 7.35. The third-order valence-corrected chi connectivity index (χ3v) is 6.12.